The minimum atomic E-state index is 0.294. The van der Waals surface area contributed by atoms with E-state index in [2.05, 4.69) is 35.4 Å². The minimum Gasteiger partial charge on any atom is -0.396 e. The molecule has 0 spiro atoms. The summed E-state index contributed by atoms with van der Waals surface area (Å²) < 4.78 is 1.25. The molecule has 5 heteroatoms. The van der Waals surface area contributed by atoms with E-state index in [-0.39, 0.29) is 0 Å². The van der Waals surface area contributed by atoms with Crippen molar-refractivity contribution < 1.29 is 5.11 Å². The number of para-hydroxylation sites is 1. The van der Waals surface area contributed by atoms with E-state index in [9.17, 15) is 0 Å². The minimum absolute atomic E-state index is 0.294. The van der Waals surface area contributed by atoms with Gasteiger partial charge in [0.15, 0.2) is 0 Å². The molecule has 0 aliphatic carbocycles. The van der Waals surface area contributed by atoms with Crippen molar-refractivity contribution in [1.29, 1.82) is 0 Å². The zero-order valence-electron chi connectivity index (χ0n) is 11.1. The molecular formula is C14H20N2OS2. The van der Waals surface area contributed by atoms with Crippen molar-refractivity contribution >= 4 is 33.3 Å². The second-order valence-electron chi connectivity index (χ2n) is 4.39. The Morgan fingerprint density at radius 2 is 2.21 bits per heavy atom. The third-order valence-electron chi connectivity index (χ3n) is 2.82. The van der Waals surface area contributed by atoms with Crippen LogP contribution in [0.1, 0.15) is 24.4 Å². The number of nitrogens with zero attached hydrogens (tertiary/aromatic N) is 1. The molecule has 104 valence electrons. The van der Waals surface area contributed by atoms with Crippen molar-refractivity contribution in [2.75, 3.05) is 24.7 Å². The second kappa shape index (κ2) is 7.85. The molecule has 0 bridgehead atoms. The first kappa shape index (κ1) is 14.8. The van der Waals surface area contributed by atoms with Gasteiger partial charge < -0.3 is 10.4 Å². The van der Waals surface area contributed by atoms with E-state index < -0.39 is 0 Å². The number of nitrogens with one attached hydrogen (secondary N) is 1. The summed E-state index contributed by atoms with van der Waals surface area (Å²) in [5, 5.41) is 13.3. The molecule has 0 saturated heterocycles. The number of benzene rings is 1. The highest BCUT2D eigenvalue weighted by molar-refractivity contribution is 7.99. The molecule has 1 heterocycles. The number of hydrogen-bond acceptors (Lipinski definition) is 5. The van der Waals surface area contributed by atoms with Gasteiger partial charge in [0.2, 0.25) is 0 Å². The molecule has 2 N–H and O–H groups in total. The number of thiazole rings is 1. The van der Waals surface area contributed by atoms with E-state index in [0.29, 0.717) is 12.6 Å². The number of hydrogen-bond donors (Lipinski definition) is 2. The molecule has 0 aliphatic heterocycles. The zero-order chi connectivity index (χ0) is 13.5. The van der Waals surface area contributed by atoms with E-state index in [1.165, 1.54) is 4.70 Å². The number of aromatic nitrogens is 1. The summed E-state index contributed by atoms with van der Waals surface area (Å²) in [6.45, 7) is 3.44. The molecule has 0 amide bonds. The van der Waals surface area contributed by atoms with Gasteiger partial charge in [-0.2, -0.15) is 11.8 Å². The van der Waals surface area contributed by atoms with Gasteiger partial charge >= 0.3 is 0 Å². The lowest BCUT2D eigenvalue weighted by molar-refractivity contribution is 0.296. The molecule has 0 saturated carbocycles. The quantitative estimate of drug-likeness (QED) is 0.735. The van der Waals surface area contributed by atoms with Crippen molar-refractivity contribution in [1.82, 2.24) is 10.3 Å². The number of thioether (sulfide) groups is 1. The highest BCUT2D eigenvalue weighted by Crippen LogP contribution is 2.25. The van der Waals surface area contributed by atoms with Crippen LogP contribution < -0.4 is 5.32 Å². The Kier molecular flexibility index (Phi) is 6.10. The van der Waals surface area contributed by atoms with Crippen molar-refractivity contribution in [2.24, 2.45) is 0 Å². The Morgan fingerprint density at radius 1 is 1.37 bits per heavy atom. The van der Waals surface area contributed by atoms with Gasteiger partial charge in [0.05, 0.1) is 16.3 Å². The standard InChI is InChI=1S/C14H20N2OS2/c1-11(15-7-10-18-9-4-8-17)14-16-12-5-2-3-6-13(12)19-14/h2-3,5-6,11,15,17H,4,7-10H2,1H3. The van der Waals surface area contributed by atoms with E-state index in [0.717, 1.165) is 35.0 Å². The van der Waals surface area contributed by atoms with Gasteiger partial charge in [-0.25, -0.2) is 4.98 Å². The second-order valence-corrected chi connectivity index (χ2v) is 6.67. The van der Waals surface area contributed by atoms with E-state index >= 15 is 0 Å². The molecule has 0 aliphatic rings. The highest BCUT2D eigenvalue weighted by Gasteiger charge is 2.10. The van der Waals surface area contributed by atoms with Gasteiger partial charge in [-0.1, -0.05) is 12.1 Å². The molecule has 19 heavy (non-hydrogen) atoms. The summed E-state index contributed by atoms with van der Waals surface area (Å²) in [7, 11) is 0. The first-order chi connectivity index (χ1) is 9.31. The molecule has 2 aromatic rings. The average molecular weight is 296 g/mol. The van der Waals surface area contributed by atoms with Gasteiger partial charge in [0.1, 0.15) is 5.01 Å². The molecule has 0 radical (unpaired) electrons. The molecule has 3 nitrogen and oxygen atoms in total. The Balaban J connectivity index is 1.78. The molecule has 0 fully saturated rings. The van der Waals surface area contributed by atoms with Crippen molar-refractivity contribution in [3.8, 4) is 0 Å². The normalized spacial score (nSPS) is 12.9. The van der Waals surface area contributed by atoms with Crippen LogP contribution in [0, 0.1) is 0 Å². The van der Waals surface area contributed by atoms with Crippen molar-refractivity contribution in [3.63, 3.8) is 0 Å². The predicted molar refractivity (Wildman–Crippen MR) is 85.1 cm³/mol. The highest BCUT2D eigenvalue weighted by atomic mass is 32.2. The van der Waals surface area contributed by atoms with E-state index in [1.54, 1.807) is 11.3 Å². The lowest BCUT2D eigenvalue weighted by Crippen LogP contribution is -2.21. The van der Waals surface area contributed by atoms with Crippen LogP contribution in [0.25, 0.3) is 10.2 Å². The first-order valence-electron chi connectivity index (χ1n) is 6.58. The van der Waals surface area contributed by atoms with Crippen LogP contribution in [0.4, 0.5) is 0 Å². The molecule has 1 aromatic heterocycles. The van der Waals surface area contributed by atoms with Crippen LogP contribution >= 0.6 is 23.1 Å². The lowest BCUT2D eigenvalue weighted by Gasteiger charge is -2.10. The Bertz CT molecular complexity index is 468. The van der Waals surface area contributed by atoms with Crippen LogP contribution in [0.5, 0.6) is 0 Å². The molecular weight excluding hydrogens is 276 g/mol. The fourth-order valence-electron chi connectivity index (χ4n) is 1.78. The number of rotatable bonds is 8. The van der Waals surface area contributed by atoms with Crippen molar-refractivity contribution in [2.45, 2.75) is 19.4 Å². The Morgan fingerprint density at radius 3 is 3.00 bits per heavy atom. The summed E-state index contributed by atoms with van der Waals surface area (Å²) in [6, 6.07) is 8.57. The maximum absolute atomic E-state index is 8.69. The fourth-order valence-corrected chi connectivity index (χ4v) is 3.57. The zero-order valence-corrected chi connectivity index (χ0v) is 12.8. The van der Waals surface area contributed by atoms with Gasteiger partial charge in [-0.3, -0.25) is 0 Å². The molecule has 1 unspecified atom stereocenters. The third-order valence-corrected chi connectivity index (χ3v) is 5.11. The Labute approximate surface area is 122 Å². The first-order valence-corrected chi connectivity index (χ1v) is 8.56. The SMILES string of the molecule is CC(NCCSCCCO)c1nc2ccccc2s1. The number of aliphatic hydroxyl groups is 1. The molecule has 2 rings (SSSR count). The van der Waals surface area contributed by atoms with Crippen molar-refractivity contribution in [3.05, 3.63) is 29.3 Å². The van der Waals surface area contributed by atoms with E-state index in [4.69, 9.17) is 5.11 Å². The smallest absolute Gasteiger partial charge is 0.111 e. The summed E-state index contributed by atoms with van der Waals surface area (Å²) in [5.41, 5.74) is 1.09. The maximum Gasteiger partial charge on any atom is 0.111 e. The number of aliphatic hydroxyl groups excluding tert-OH is 1. The number of fused-ring (bicyclic) bond motifs is 1. The largest absolute Gasteiger partial charge is 0.396 e. The average Bonchev–Trinajstić information content (AvgIpc) is 2.86. The van der Waals surface area contributed by atoms with Gasteiger partial charge in [-0.05, 0) is 31.2 Å². The van der Waals surface area contributed by atoms with Gasteiger partial charge in [0, 0.05) is 18.9 Å². The van der Waals surface area contributed by atoms with Crippen LogP contribution in [0.3, 0.4) is 0 Å². The molecule has 1 atom stereocenters. The monoisotopic (exact) mass is 296 g/mol. The third kappa shape index (κ3) is 4.45. The van der Waals surface area contributed by atoms with E-state index in [1.807, 2.05) is 17.8 Å². The summed E-state index contributed by atoms with van der Waals surface area (Å²) in [4.78, 5) is 4.66. The summed E-state index contributed by atoms with van der Waals surface area (Å²) in [6.07, 6.45) is 0.887. The Hall–Kier alpha value is -0.620. The fraction of sp³-hybridized carbons (Fsp3) is 0.500. The summed E-state index contributed by atoms with van der Waals surface area (Å²) in [5.74, 6) is 2.11. The lowest BCUT2D eigenvalue weighted by atomic mass is 10.3. The van der Waals surface area contributed by atoms with Crippen LogP contribution in [-0.2, 0) is 0 Å². The summed E-state index contributed by atoms with van der Waals surface area (Å²) >= 11 is 3.64. The maximum atomic E-state index is 8.69. The van der Waals surface area contributed by atoms with Crippen LogP contribution in [0.2, 0.25) is 0 Å². The molecule has 1 aromatic carbocycles. The van der Waals surface area contributed by atoms with Gasteiger partial charge in [-0.15, -0.1) is 11.3 Å². The topological polar surface area (TPSA) is 45.1 Å². The van der Waals surface area contributed by atoms with Crippen LogP contribution in [0.15, 0.2) is 24.3 Å². The van der Waals surface area contributed by atoms with Crippen LogP contribution in [-0.4, -0.2) is 34.7 Å². The predicted octanol–water partition coefficient (Wildman–Crippen LogP) is 3.06. The van der Waals surface area contributed by atoms with Gasteiger partial charge in [0.25, 0.3) is 0 Å².